The summed E-state index contributed by atoms with van der Waals surface area (Å²) in [5.74, 6) is 0.622. The van der Waals surface area contributed by atoms with Gasteiger partial charge in [0.05, 0.1) is 11.9 Å². The van der Waals surface area contributed by atoms with Crippen LogP contribution in [0.3, 0.4) is 0 Å². The van der Waals surface area contributed by atoms with E-state index < -0.39 is 16.1 Å². The van der Waals surface area contributed by atoms with Crippen molar-refractivity contribution in [2.45, 2.75) is 58.5 Å². The van der Waals surface area contributed by atoms with Crippen LogP contribution >= 0.6 is 0 Å². The molecule has 1 aliphatic rings. The van der Waals surface area contributed by atoms with Crippen LogP contribution in [-0.4, -0.2) is 57.3 Å². The van der Waals surface area contributed by atoms with Gasteiger partial charge in [0.15, 0.2) is 11.5 Å². The number of sulfonamides is 1. The molecule has 230 valence electrons. The Hall–Kier alpha value is -4.05. The molecule has 0 fully saturated rings. The third-order valence-corrected chi connectivity index (χ3v) is 8.69. The molecule has 1 atom stereocenters. The second-order valence-corrected chi connectivity index (χ2v) is 12.7. The molecular weight excluding hydrogens is 566 g/mol. The number of carbonyl (C=O) groups excluding carboxylic acids is 2. The Morgan fingerprint density at radius 3 is 2.40 bits per heavy atom. The summed E-state index contributed by atoms with van der Waals surface area (Å²) in [6.45, 7) is 5.02. The van der Waals surface area contributed by atoms with Gasteiger partial charge in [0, 0.05) is 38.5 Å². The molecule has 0 saturated heterocycles. The van der Waals surface area contributed by atoms with Gasteiger partial charge in [-0.25, -0.2) is 8.42 Å². The van der Waals surface area contributed by atoms with E-state index in [1.165, 1.54) is 4.31 Å². The first-order valence-corrected chi connectivity index (χ1v) is 16.5. The van der Waals surface area contributed by atoms with E-state index in [2.05, 4.69) is 12.2 Å². The molecule has 3 aromatic carbocycles. The van der Waals surface area contributed by atoms with Gasteiger partial charge in [0.25, 0.3) is 0 Å². The Bertz CT molecular complexity index is 1500. The monoisotopic (exact) mass is 607 g/mol. The topological polar surface area (TPSA) is 105 Å². The molecule has 3 aromatic rings. The molecule has 0 bridgehead atoms. The van der Waals surface area contributed by atoms with Crippen LogP contribution in [0.5, 0.6) is 11.5 Å². The highest BCUT2D eigenvalue weighted by molar-refractivity contribution is 7.92. The largest absolute Gasteiger partial charge is 0.454 e. The van der Waals surface area contributed by atoms with E-state index >= 15 is 0 Å². The van der Waals surface area contributed by atoms with Gasteiger partial charge in [-0.05, 0) is 48.6 Å². The highest BCUT2D eigenvalue weighted by atomic mass is 32.2. The van der Waals surface area contributed by atoms with Crippen LogP contribution in [0.1, 0.15) is 49.3 Å². The number of hydrogen-bond acceptors (Lipinski definition) is 6. The summed E-state index contributed by atoms with van der Waals surface area (Å²) in [7, 11) is -3.64. The molecule has 0 saturated carbocycles. The molecular formula is C33H41N3O6S. The molecule has 43 heavy (non-hydrogen) atoms. The quantitative estimate of drug-likeness (QED) is 0.248. The maximum atomic E-state index is 14.0. The molecule has 0 aliphatic carbocycles. The molecule has 0 spiro atoms. The predicted octanol–water partition coefficient (Wildman–Crippen LogP) is 4.83. The number of rotatable bonds is 15. The summed E-state index contributed by atoms with van der Waals surface area (Å²) in [5, 5.41) is 3.03. The second-order valence-electron chi connectivity index (χ2n) is 10.8. The molecule has 1 N–H and O–H groups in total. The number of unbranched alkanes of at least 4 members (excludes halogenated alkanes) is 1. The zero-order valence-electron chi connectivity index (χ0n) is 25.1. The fourth-order valence-electron chi connectivity index (χ4n) is 5.08. The number of ether oxygens (including phenoxy) is 2. The number of amides is 2. The van der Waals surface area contributed by atoms with Crippen molar-refractivity contribution in [3.05, 3.63) is 89.5 Å². The molecule has 1 heterocycles. The summed E-state index contributed by atoms with van der Waals surface area (Å²) in [6.07, 6.45) is 3.62. The first kappa shape index (κ1) is 31.9. The van der Waals surface area contributed by atoms with Crippen LogP contribution in [0.2, 0.25) is 0 Å². The maximum Gasteiger partial charge on any atom is 0.243 e. The second kappa shape index (κ2) is 14.9. The number of nitrogens with one attached hydrogen (secondary N) is 1. The number of hydrogen-bond donors (Lipinski definition) is 1. The molecule has 9 nitrogen and oxygen atoms in total. The lowest BCUT2D eigenvalue weighted by atomic mass is 10.0. The van der Waals surface area contributed by atoms with Crippen LogP contribution in [0.4, 0.5) is 5.69 Å². The van der Waals surface area contributed by atoms with Crippen molar-refractivity contribution in [3.63, 3.8) is 0 Å². The Morgan fingerprint density at radius 2 is 1.67 bits per heavy atom. The minimum atomic E-state index is -3.64. The fraction of sp³-hybridized carbons (Fsp3) is 0.394. The van der Waals surface area contributed by atoms with Crippen LogP contribution in [0.25, 0.3) is 0 Å². The van der Waals surface area contributed by atoms with Crippen molar-refractivity contribution in [2.24, 2.45) is 0 Å². The third-order valence-electron chi connectivity index (χ3n) is 7.50. The van der Waals surface area contributed by atoms with Gasteiger partial charge in [0.2, 0.25) is 28.6 Å². The Labute approximate surface area is 254 Å². The van der Waals surface area contributed by atoms with Crippen molar-refractivity contribution in [1.29, 1.82) is 0 Å². The first-order chi connectivity index (χ1) is 20.7. The van der Waals surface area contributed by atoms with Crippen LogP contribution in [0, 0.1) is 6.92 Å². The van der Waals surface area contributed by atoms with Crippen molar-refractivity contribution >= 4 is 27.5 Å². The zero-order chi connectivity index (χ0) is 30.8. The van der Waals surface area contributed by atoms with Crippen LogP contribution in [-0.2, 0) is 32.6 Å². The van der Waals surface area contributed by atoms with Crippen molar-refractivity contribution in [3.8, 4) is 11.5 Å². The number of fused-ring (bicyclic) bond motifs is 1. The van der Waals surface area contributed by atoms with E-state index in [4.69, 9.17) is 9.47 Å². The molecule has 2 amide bonds. The highest BCUT2D eigenvalue weighted by Gasteiger charge is 2.31. The summed E-state index contributed by atoms with van der Waals surface area (Å²) < 4.78 is 37.6. The van der Waals surface area contributed by atoms with Gasteiger partial charge in [-0.1, -0.05) is 67.9 Å². The average Bonchev–Trinajstić information content (AvgIpc) is 3.46. The smallest absolute Gasteiger partial charge is 0.243 e. The fourth-order valence-corrected chi connectivity index (χ4v) is 6.03. The lowest BCUT2D eigenvalue weighted by molar-refractivity contribution is -0.141. The number of benzene rings is 3. The average molecular weight is 608 g/mol. The molecule has 1 unspecified atom stereocenters. The van der Waals surface area contributed by atoms with Crippen LogP contribution < -0.4 is 19.1 Å². The summed E-state index contributed by atoms with van der Waals surface area (Å²) in [5.41, 5.74) is 3.37. The number of carbonyl (C=O) groups is 2. The standard InChI is InChI=1S/C33H41N3O6S/c1-4-5-19-34-33(38)29(21-26-13-7-6-8-14-26)35(23-27-15-10-9-12-25(27)2)32(37)16-11-20-36(43(3,39)40)28-17-18-30-31(22-28)42-24-41-30/h6-10,12-15,17-18,22,29H,4-5,11,16,19-21,23-24H2,1-3H3,(H,34,38). The van der Waals surface area contributed by atoms with E-state index in [1.807, 2.05) is 61.5 Å². The van der Waals surface area contributed by atoms with Crippen molar-refractivity contribution < 1.29 is 27.5 Å². The van der Waals surface area contributed by atoms with Gasteiger partial charge >= 0.3 is 0 Å². The van der Waals surface area contributed by atoms with E-state index in [1.54, 1.807) is 23.1 Å². The van der Waals surface area contributed by atoms with Gasteiger partial charge in [0.1, 0.15) is 6.04 Å². The highest BCUT2D eigenvalue weighted by Crippen LogP contribution is 2.36. The number of anilines is 1. The predicted molar refractivity (Wildman–Crippen MR) is 168 cm³/mol. The summed E-state index contributed by atoms with van der Waals surface area (Å²) in [4.78, 5) is 29.3. The van der Waals surface area contributed by atoms with Crippen LogP contribution in [0.15, 0.2) is 72.8 Å². The van der Waals surface area contributed by atoms with Gasteiger partial charge in [-0.3, -0.25) is 13.9 Å². The van der Waals surface area contributed by atoms with E-state index in [0.717, 1.165) is 35.8 Å². The van der Waals surface area contributed by atoms with Gasteiger partial charge < -0.3 is 19.7 Å². The van der Waals surface area contributed by atoms with Crippen molar-refractivity contribution in [1.82, 2.24) is 10.2 Å². The molecule has 10 heteroatoms. The minimum Gasteiger partial charge on any atom is -0.454 e. The van der Waals surface area contributed by atoms with E-state index in [0.29, 0.717) is 30.2 Å². The maximum absolute atomic E-state index is 14.0. The Balaban J connectivity index is 1.57. The normalized spacial score (nSPS) is 12.9. The van der Waals surface area contributed by atoms with E-state index in [-0.39, 0.29) is 44.5 Å². The lowest BCUT2D eigenvalue weighted by Gasteiger charge is -2.32. The lowest BCUT2D eigenvalue weighted by Crippen LogP contribution is -2.50. The minimum absolute atomic E-state index is 0.0655. The molecule has 0 aromatic heterocycles. The molecule has 0 radical (unpaired) electrons. The van der Waals surface area contributed by atoms with Gasteiger partial charge in [-0.2, -0.15) is 0 Å². The van der Waals surface area contributed by atoms with Crippen molar-refractivity contribution in [2.75, 3.05) is 30.4 Å². The van der Waals surface area contributed by atoms with E-state index in [9.17, 15) is 18.0 Å². The molecule has 4 rings (SSSR count). The van der Waals surface area contributed by atoms with Gasteiger partial charge in [-0.15, -0.1) is 0 Å². The number of nitrogens with zero attached hydrogens (tertiary/aromatic N) is 2. The summed E-state index contributed by atoms with van der Waals surface area (Å²) in [6, 6.07) is 21.7. The first-order valence-electron chi connectivity index (χ1n) is 14.7. The Morgan fingerprint density at radius 1 is 0.953 bits per heavy atom. The number of aryl methyl sites for hydroxylation is 1. The third kappa shape index (κ3) is 8.73. The summed E-state index contributed by atoms with van der Waals surface area (Å²) >= 11 is 0. The zero-order valence-corrected chi connectivity index (χ0v) is 25.9. The Kier molecular flexibility index (Phi) is 11.1. The SMILES string of the molecule is CCCCNC(=O)C(Cc1ccccc1)N(Cc1ccccc1C)C(=O)CCCN(c1ccc2c(c1)OCO2)S(C)(=O)=O. The molecule has 1 aliphatic heterocycles.